The highest BCUT2D eigenvalue weighted by molar-refractivity contribution is 7.89. The van der Waals surface area contributed by atoms with Gasteiger partial charge >= 0.3 is 0 Å². The molecule has 2 N–H and O–H groups in total. The molecule has 1 fully saturated rings. The molecule has 154 valence electrons. The molecule has 1 aromatic carbocycles. The number of piperidine rings is 1. The van der Waals surface area contributed by atoms with Crippen LogP contribution in [0.4, 0.5) is 5.69 Å². The Bertz CT molecular complexity index is 967. The number of benzene rings is 1. The summed E-state index contributed by atoms with van der Waals surface area (Å²) < 4.78 is 26.9. The fourth-order valence-electron chi connectivity index (χ4n) is 3.08. The number of anilines is 1. The molecule has 0 radical (unpaired) electrons. The number of hydrogen-bond acceptors (Lipinski definition) is 5. The van der Waals surface area contributed by atoms with Crippen molar-refractivity contribution in [3.05, 3.63) is 53.8 Å². The Morgan fingerprint density at radius 1 is 1.21 bits per heavy atom. The van der Waals surface area contributed by atoms with Crippen molar-refractivity contribution in [1.82, 2.24) is 14.6 Å². The summed E-state index contributed by atoms with van der Waals surface area (Å²) in [6, 6.07) is 9.31. The third-order valence-corrected chi connectivity index (χ3v) is 6.71. The maximum absolute atomic E-state index is 12.8. The van der Waals surface area contributed by atoms with E-state index >= 15 is 0 Å². The van der Waals surface area contributed by atoms with Crippen LogP contribution in [0.5, 0.6) is 0 Å². The van der Waals surface area contributed by atoms with E-state index in [-0.39, 0.29) is 29.8 Å². The molecule has 0 aliphatic carbocycles. The first kappa shape index (κ1) is 21.2. The molecular weight excluding hydrogens is 416 g/mol. The smallest absolute Gasteiger partial charge is 0.243 e. The minimum atomic E-state index is -3.71. The van der Waals surface area contributed by atoms with Crippen LogP contribution in [0.1, 0.15) is 12.8 Å². The van der Waals surface area contributed by atoms with Crippen LogP contribution in [0.15, 0.2) is 53.7 Å². The number of carbonyl (C=O) groups is 2. The van der Waals surface area contributed by atoms with Crippen molar-refractivity contribution in [2.24, 2.45) is 5.92 Å². The highest BCUT2D eigenvalue weighted by atomic mass is 35.5. The fraction of sp³-hybridized carbons (Fsp3) is 0.316. The molecule has 8 nitrogen and oxygen atoms in total. The van der Waals surface area contributed by atoms with Gasteiger partial charge in [-0.3, -0.25) is 14.6 Å². The number of aromatic nitrogens is 1. The van der Waals surface area contributed by atoms with E-state index in [1.54, 1.807) is 18.3 Å². The van der Waals surface area contributed by atoms with Gasteiger partial charge in [0.05, 0.1) is 29.2 Å². The van der Waals surface area contributed by atoms with Crippen LogP contribution in [0.3, 0.4) is 0 Å². The second kappa shape index (κ2) is 9.34. The Labute approximate surface area is 174 Å². The van der Waals surface area contributed by atoms with E-state index < -0.39 is 15.9 Å². The number of rotatable bonds is 6. The Balaban J connectivity index is 1.56. The zero-order chi connectivity index (χ0) is 20.9. The van der Waals surface area contributed by atoms with Gasteiger partial charge in [-0.1, -0.05) is 11.6 Å². The maximum atomic E-state index is 12.8. The summed E-state index contributed by atoms with van der Waals surface area (Å²) in [5, 5.41) is 5.66. The fourth-order valence-corrected chi connectivity index (χ4v) is 4.73. The summed E-state index contributed by atoms with van der Waals surface area (Å²) in [5.41, 5.74) is 0.532. The van der Waals surface area contributed by atoms with Crippen LogP contribution < -0.4 is 10.6 Å². The number of carbonyl (C=O) groups excluding carboxylic acids is 2. The highest BCUT2D eigenvalue weighted by Crippen LogP contribution is 2.24. The summed E-state index contributed by atoms with van der Waals surface area (Å²) in [7, 11) is -3.71. The molecule has 0 bridgehead atoms. The zero-order valence-corrected chi connectivity index (χ0v) is 17.1. The second-order valence-electron chi connectivity index (χ2n) is 6.66. The van der Waals surface area contributed by atoms with Gasteiger partial charge < -0.3 is 10.6 Å². The molecule has 1 aromatic heterocycles. The van der Waals surface area contributed by atoms with Gasteiger partial charge in [-0.15, -0.1) is 0 Å². The number of halogens is 1. The van der Waals surface area contributed by atoms with Gasteiger partial charge in [0.15, 0.2) is 0 Å². The third-order valence-electron chi connectivity index (χ3n) is 4.57. The van der Waals surface area contributed by atoms with Gasteiger partial charge in [-0.2, -0.15) is 4.31 Å². The number of amides is 2. The lowest BCUT2D eigenvalue weighted by Gasteiger charge is -2.31. The predicted molar refractivity (Wildman–Crippen MR) is 109 cm³/mol. The van der Waals surface area contributed by atoms with Gasteiger partial charge in [0.2, 0.25) is 21.8 Å². The van der Waals surface area contributed by atoms with E-state index in [2.05, 4.69) is 15.6 Å². The number of hydrogen-bond donors (Lipinski definition) is 2. The average Bonchev–Trinajstić information content (AvgIpc) is 2.73. The summed E-state index contributed by atoms with van der Waals surface area (Å²) in [6.45, 7) is 0.214. The molecule has 0 saturated carbocycles. The van der Waals surface area contributed by atoms with E-state index in [1.165, 1.54) is 34.8 Å². The van der Waals surface area contributed by atoms with E-state index in [4.69, 9.17) is 11.6 Å². The van der Waals surface area contributed by atoms with Crippen molar-refractivity contribution in [3.63, 3.8) is 0 Å². The molecule has 1 saturated heterocycles. The van der Waals surface area contributed by atoms with Gasteiger partial charge in [-0.25, -0.2) is 8.42 Å². The molecule has 2 aromatic rings. The van der Waals surface area contributed by atoms with Crippen LogP contribution in [0, 0.1) is 5.92 Å². The number of sulfonamides is 1. The average molecular weight is 437 g/mol. The summed E-state index contributed by atoms with van der Waals surface area (Å²) in [4.78, 5) is 28.5. The van der Waals surface area contributed by atoms with Crippen LogP contribution >= 0.6 is 11.6 Å². The molecule has 1 aliphatic heterocycles. The Kier molecular flexibility index (Phi) is 6.83. The number of nitrogens with one attached hydrogen (secondary N) is 2. The van der Waals surface area contributed by atoms with Gasteiger partial charge in [-0.05, 0) is 49.2 Å². The minimum Gasteiger partial charge on any atom is -0.347 e. The van der Waals surface area contributed by atoms with Crippen LogP contribution in [-0.4, -0.2) is 49.2 Å². The van der Waals surface area contributed by atoms with Crippen molar-refractivity contribution in [1.29, 1.82) is 0 Å². The molecule has 3 rings (SSSR count). The largest absolute Gasteiger partial charge is 0.347 e. The van der Waals surface area contributed by atoms with Crippen molar-refractivity contribution in [3.8, 4) is 0 Å². The summed E-state index contributed by atoms with van der Waals surface area (Å²) in [5.74, 6) is -1.24. The van der Waals surface area contributed by atoms with Gasteiger partial charge in [0.1, 0.15) is 0 Å². The highest BCUT2D eigenvalue weighted by Gasteiger charge is 2.33. The van der Waals surface area contributed by atoms with Gasteiger partial charge in [0, 0.05) is 24.3 Å². The molecule has 2 amide bonds. The Morgan fingerprint density at radius 2 is 1.97 bits per heavy atom. The van der Waals surface area contributed by atoms with E-state index in [0.717, 1.165) is 0 Å². The molecule has 1 aliphatic rings. The molecule has 10 heteroatoms. The van der Waals surface area contributed by atoms with Crippen LogP contribution in [0.25, 0.3) is 0 Å². The van der Waals surface area contributed by atoms with E-state index in [0.29, 0.717) is 30.1 Å². The normalized spacial score (nSPS) is 17.5. The first-order chi connectivity index (χ1) is 13.9. The monoisotopic (exact) mass is 436 g/mol. The Morgan fingerprint density at radius 3 is 2.66 bits per heavy atom. The molecular formula is C19H21ClN4O4S. The molecule has 0 unspecified atom stereocenters. The first-order valence-corrected chi connectivity index (χ1v) is 10.9. The molecule has 2 heterocycles. The third kappa shape index (κ3) is 5.53. The predicted octanol–water partition coefficient (Wildman–Crippen LogP) is 1.89. The zero-order valence-electron chi connectivity index (χ0n) is 15.5. The van der Waals surface area contributed by atoms with Crippen molar-refractivity contribution in [2.45, 2.75) is 17.7 Å². The molecule has 1 atom stereocenters. The Hall–Kier alpha value is -2.49. The van der Waals surface area contributed by atoms with Gasteiger partial charge in [0.25, 0.3) is 0 Å². The number of pyridine rings is 1. The van der Waals surface area contributed by atoms with E-state index in [9.17, 15) is 18.0 Å². The second-order valence-corrected chi connectivity index (χ2v) is 9.04. The SMILES string of the molecule is O=C(CNC(=O)[C@@H]1CCCN(S(=O)(=O)c2ccc(Cl)cc2)C1)Nc1cccnc1. The van der Waals surface area contributed by atoms with Crippen molar-refractivity contribution >= 4 is 39.1 Å². The van der Waals surface area contributed by atoms with Crippen molar-refractivity contribution < 1.29 is 18.0 Å². The minimum absolute atomic E-state index is 0.0705. The van der Waals surface area contributed by atoms with E-state index in [1.807, 2.05) is 0 Å². The number of nitrogens with zero attached hydrogens (tertiary/aromatic N) is 2. The lowest BCUT2D eigenvalue weighted by Crippen LogP contribution is -2.46. The first-order valence-electron chi connectivity index (χ1n) is 9.09. The van der Waals surface area contributed by atoms with Crippen molar-refractivity contribution in [2.75, 3.05) is 25.0 Å². The topological polar surface area (TPSA) is 108 Å². The lowest BCUT2D eigenvalue weighted by molar-refractivity contribution is -0.128. The summed E-state index contributed by atoms with van der Waals surface area (Å²) in [6.07, 6.45) is 4.21. The summed E-state index contributed by atoms with van der Waals surface area (Å²) >= 11 is 5.83. The molecule has 0 spiro atoms. The lowest BCUT2D eigenvalue weighted by atomic mass is 9.99. The quantitative estimate of drug-likeness (QED) is 0.718. The molecule has 29 heavy (non-hydrogen) atoms. The van der Waals surface area contributed by atoms with Crippen LogP contribution in [-0.2, 0) is 19.6 Å². The standard InChI is InChI=1S/C19H21ClN4O4S/c20-15-5-7-17(8-6-15)29(27,28)24-10-2-3-14(13-24)19(26)22-12-18(25)23-16-4-1-9-21-11-16/h1,4-9,11,14H,2-3,10,12-13H2,(H,22,26)(H,23,25)/t14-/m1/s1. The van der Waals surface area contributed by atoms with Crippen LogP contribution in [0.2, 0.25) is 5.02 Å². The maximum Gasteiger partial charge on any atom is 0.243 e.